The Hall–Kier alpha value is -5.17. The molecule has 113 heavy (non-hydrogen) atoms. The molecule has 0 aliphatic carbocycles. The summed E-state index contributed by atoms with van der Waals surface area (Å²) in [5, 5.41) is 239. The number of carboxylic acid groups (broad SMARTS) is 2. The van der Waals surface area contributed by atoms with Gasteiger partial charge in [-0.2, -0.15) is 0 Å². The molecule has 0 unspecified atom stereocenters. The summed E-state index contributed by atoms with van der Waals surface area (Å²) < 4.78 is 76.4. The zero-order chi connectivity index (χ0) is 83.9. The van der Waals surface area contributed by atoms with Gasteiger partial charge in [0.05, 0.1) is 82.7 Å². The Kier molecular flexibility index (Phi) is 39.1. The summed E-state index contributed by atoms with van der Waals surface area (Å²) in [6, 6.07) is -7.08. The second-order valence-corrected chi connectivity index (χ2v) is 28.8. The van der Waals surface area contributed by atoms with E-state index in [0.717, 1.165) is 59.8 Å². The van der Waals surface area contributed by atoms with E-state index in [1.807, 2.05) is 0 Å². The molecule has 0 bridgehead atoms. The van der Waals surface area contributed by atoms with Gasteiger partial charge in [0.25, 0.3) is 0 Å². The Labute approximate surface area is 649 Å². The van der Waals surface area contributed by atoms with Crippen molar-refractivity contribution in [3.05, 3.63) is 12.2 Å². The highest BCUT2D eigenvalue weighted by Crippen LogP contribution is 2.43. The third-order valence-corrected chi connectivity index (χ3v) is 20.2. The average molecular weight is 1640 g/mol. The molecule has 6 aliphatic heterocycles. The highest BCUT2D eigenvalue weighted by atomic mass is 16.8. The van der Waals surface area contributed by atoms with Crippen LogP contribution in [0, 0.1) is 0 Å². The summed E-state index contributed by atoms with van der Waals surface area (Å²) in [5.41, 5.74) is 0. The number of carbonyl (C=O) groups excluding carboxylic acids is 7. The van der Waals surface area contributed by atoms with Crippen molar-refractivity contribution in [1.82, 2.24) is 21.3 Å². The lowest BCUT2D eigenvalue weighted by Crippen LogP contribution is -2.73. The van der Waals surface area contributed by atoms with Crippen LogP contribution in [-0.4, -0.2) is 388 Å². The Morgan fingerprint density at radius 3 is 1.42 bits per heavy atom. The number of carbonyl (C=O) groups is 7. The van der Waals surface area contributed by atoms with Gasteiger partial charge >= 0.3 is 5.97 Å². The zero-order valence-electron chi connectivity index (χ0n) is 63.1. The first-order valence-corrected chi connectivity index (χ1v) is 37.6. The molecule has 0 aromatic carbocycles. The molecule has 6 aliphatic rings. The molecule has 6 fully saturated rings. The van der Waals surface area contributed by atoms with E-state index in [4.69, 9.17) is 61.6 Å². The Morgan fingerprint density at radius 1 is 0.496 bits per heavy atom. The number of aliphatic carboxylic acids is 2. The predicted octanol–water partition coefficient (Wildman–Crippen LogP) is -12.6. The quantitative estimate of drug-likeness (QED) is 0.0116. The number of aliphatic hydroxyl groups is 18. The molecular formula is C69H114N4O40-2. The van der Waals surface area contributed by atoms with E-state index in [9.17, 15) is 136 Å². The van der Waals surface area contributed by atoms with Crippen molar-refractivity contribution in [2.24, 2.45) is 0 Å². The molecule has 0 saturated carbocycles. The van der Waals surface area contributed by atoms with E-state index >= 15 is 0 Å². The third kappa shape index (κ3) is 25.2. The van der Waals surface area contributed by atoms with E-state index in [0.29, 0.717) is 6.42 Å². The molecule has 6 rings (SSSR count). The van der Waals surface area contributed by atoms with E-state index < -0.39 is 302 Å². The fourth-order valence-corrected chi connectivity index (χ4v) is 14.4. The first-order valence-electron chi connectivity index (χ1n) is 37.6. The van der Waals surface area contributed by atoms with Gasteiger partial charge < -0.3 is 195 Å². The largest absolute Gasteiger partial charge is 0.544 e. The van der Waals surface area contributed by atoms with Crippen LogP contribution in [0.25, 0.3) is 0 Å². The number of rotatable bonds is 45. The van der Waals surface area contributed by atoms with Gasteiger partial charge in [-0.25, -0.2) is 0 Å². The maximum absolute atomic E-state index is 13.8. The number of aliphatic hydroxyl groups excluding tert-OH is 18. The molecule has 4 amide bonds. The number of allylic oxidation sites excluding steroid dienone is 1. The number of hydrogen-bond donors (Lipinski definition) is 22. The molecule has 22 N–H and O–H groups in total. The summed E-state index contributed by atoms with van der Waals surface area (Å²) in [4.78, 5) is 89.6. The van der Waals surface area contributed by atoms with Gasteiger partial charge in [-0.05, 0) is 12.8 Å². The van der Waals surface area contributed by atoms with Crippen molar-refractivity contribution in [3.8, 4) is 0 Å². The molecule has 0 radical (unpaired) electrons. The molecule has 6 heterocycles. The minimum absolute atomic E-state index is 0.266. The van der Waals surface area contributed by atoms with Crippen LogP contribution in [0.3, 0.4) is 0 Å². The highest BCUT2D eigenvalue weighted by molar-refractivity contribution is 5.76. The Morgan fingerprint density at radius 2 is 0.929 bits per heavy atom. The van der Waals surface area contributed by atoms with Crippen molar-refractivity contribution in [2.75, 3.05) is 46.2 Å². The smallest absolute Gasteiger partial charge is 0.303 e. The molecule has 44 heteroatoms. The summed E-state index contributed by atoms with van der Waals surface area (Å²) >= 11 is 0. The van der Waals surface area contributed by atoms with Crippen LogP contribution < -0.4 is 31.5 Å². The lowest BCUT2D eigenvalue weighted by molar-refractivity contribution is -0.422. The number of ether oxygens (including phenoxy) is 13. The summed E-state index contributed by atoms with van der Waals surface area (Å²) in [6.07, 6.45) is -49.9. The lowest BCUT2D eigenvalue weighted by Gasteiger charge is -2.54. The summed E-state index contributed by atoms with van der Waals surface area (Å²) in [5.74, 6) is -16.2. The van der Waals surface area contributed by atoms with Crippen molar-refractivity contribution in [1.29, 1.82) is 0 Å². The fourth-order valence-electron chi connectivity index (χ4n) is 14.4. The number of carboxylic acids is 2. The van der Waals surface area contributed by atoms with Gasteiger partial charge in [-0.1, -0.05) is 83.3 Å². The van der Waals surface area contributed by atoms with Crippen molar-refractivity contribution in [3.63, 3.8) is 0 Å². The van der Waals surface area contributed by atoms with Gasteiger partial charge in [-0.3, -0.25) is 24.0 Å². The van der Waals surface area contributed by atoms with Crippen LogP contribution in [0.15, 0.2) is 12.2 Å². The molecular weight excluding hydrogens is 1520 g/mol. The number of unbranched alkanes of at least 4 members (excludes halogenated alkanes) is 11. The van der Waals surface area contributed by atoms with Gasteiger partial charge in [-0.15, -0.1) is 0 Å². The second kappa shape index (κ2) is 45.7. The van der Waals surface area contributed by atoms with E-state index in [2.05, 4.69) is 28.2 Å². The van der Waals surface area contributed by atoms with Crippen LogP contribution in [0.2, 0.25) is 0 Å². The fraction of sp³-hybridized carbons (Fsp3) is 0.870. The maximum Gasteiger partial charge on any atom is 0.303 e. The van der Waals surface area contributed by atoms with Gasteiger partial charge in [0.1, 0.15) is 140 Å². The lowest BCUT2D eigenvalue weighted by atomic mass is 9.88. The van der Waals surface area contributed by atoms with Crippen LogP contribution in [0.5, 0.6) is 0 Å². The molecule has 0 aromatic rings. The summed E-state index contributed by atoms with van der Waals surface area (Å²) in [7, 11) is 0. The first kappa shape index (κ1) is 96.7. The summed E-state index contributed by atoms with van der Waals surface area (Å²) in [6.45, 7) is -2.53. The molecule has 44 nitrogen and oxygen atoms in total. The molecule has 0 spiro atoms. The third-order valence-electron chi connectivity index (χ3n) is 20.2. The number of amides is 4. The number of esters is 1. The molecule has 34 atom stereocenters. The predicted molar refractivity (Wildman–Crippen MR) is 366 cm³/mol. The minimum Gasteiger partial charge on any atom is -0.544 e. The van der Waals surface area contributed by atoms with E-state index in [1.165, 1.54) is 44.6 Å². The second-order valence-electron chi connectivity index (χ2n) is 28.8. The van der Waals surface area contributed by atoms with Crippen LogP contribution in [-0.2, 0) is 95.1 Å². The van der Waals surface area contributed by atoms with E-state index in [-0.39, 0.29) is 6.41 Å². The van der Waals surface area contributed by atoms with Gasteiger partial charge in [0, 0.05) is 40.5 Å². The van der Waals surface area contributed by atoms with Crippen molar-refractivity contribution >= 4 is 42.0 Å². The SMILES string of the molecule is CCCCCCCCCCCCC/C=C/[C@@H](O)[C@H](CO[C@@H]1O[C@H](CO)[C@@H](O[C@@H]2O[C@H](CO)[C@H](O[C@@H]3O[C@H](CO)[C@H](O)[C@H](O[C@@H]4O[C@H](CO)[C@H](O)[C@H](O[C@]5(C(=O)[O-])C[C@H](O)[C@@H](NC(C)=O)[C@H]([C@H](OC(C)=O)[C@H](O)CO)O5)[C@H]4O)[C@H]3NC(C)=O)[C@H](O[C@]3(C(=O)[O-])C[C@H](O)[C@@H](NC(C)=O)[C@H]([C@H](O)[C@H](O)CO)O3)[C@H]2O)[C@H](O)[C@H]1O)NC=O. The zero-order valence-corrected chi connectivity index (χ0v) is 63.1. The molecule has 6 saturated heterocycles. The number of nitrogens with one attached hydrogen (secondary N) is 4. The van der Waals surface area contributed by atoms with Gasteiger partial charge in [0.2, 0.25) is 35.7 Å². The first-order chi connectivity index (χ1) is 53.6. The van der Waals surface area contributed by atoms with Crippen molar-refractivity contribution in [2.45, 2.75) is 332 Å². The Bertz CT molecular complexity index is 2970. The van der Waals surface area contributed by atoms with Crippen molar-refractivity contribution < 1.29 is 197 Å². The van der Waals surface area contributed by atoms with Gasteiger partial charge in [0.15, 0.2) is 31.3 Å². The standard InChI is InChI=1S/C69H116N4O40/c1-6-7-8-9-10-11-12-13-14-15-16-17-18-19-35(85)34(70-29-80)28-101-63-51(94)50(93)55(42(26-78)105-63)107-65-53(96)61(113-68(66(97)98)20-36(86)44(71-30(2)81)58(110-68)47(90)38(88)22-74)56(43(27-79)106-65)108-62-46(73-32(4)83)57(48(91)40(24-76)103-62)109-64-52(95)60(49(92)41(25-77)104-64)112-69(67(99)100)21-37(87)45(72-31(3)82)59(111-69)54(39(89)23-75)102-33(5)84/h18-19,29,34-65,74-79,85-96H,6-17,20-28H2,1-5H3,(H,70,80)(H,71,81)(H,72,82)(H,73,83)(H,97,98)(H,99,100)/p-2/b19-18+/t34-,35+,36-,37-,38+,39+,40+,41+,42+,43+,44+,45+,46+,47+,48-,49-,50+,51+,52+,53+,54+,55+,56-,57+,58+,59+,60-,61+,62-,63+,64-,65-,68-,69-/m0/s1. The molecule has 0 aromatic heterocycles. The van der Waals surface area contributed by atoms with E-state index in [1.54, 1.807) is 6.08 Å². The minimum atomic E-state index is -3.62. The Balaban J connectivity index is 1.34. The monoisotopic (exact) mass is 1640 g/mol. The molecule has 652 valence electrons. The van der Waals surface area contributed by atoms with Crippen LogP contribution in [0.4, 0.5) is 0 Å². The maximum atomic E-state index is 13.8. The number of hydrogen-bond acceptors (Lipinski definition) is 40. The van der Waals surface area contributed by atoms with Crippen LogP contribution in [0.1, 0.15) is 125 Å². The average Bonchev–Trinajstić information content (AvgIpc) is 0.751. The normalized spacial score (nSPS) is 37.9. The highest BCUT2D eigenvalue weighted by Gasteiger charge is 2.63. The topological polar surface area (TPSA) is 698 Å². The van der Waals surface area contributed by atoms with Crippen LogP contribution >= 0.6 is 0 Å².